The van der Waals surface area contributed by atoms with Gasteiger partial charge in [-0.25, -0.2) is 10.2 Å². The third-order valence-corrected chi connectivity index (χ3v) is 3.84. The quantitative estimate of drug-likeness (QED) is 0.345. The van der Waals surface area contributed by atoms with E-state index in [2.05, 4.69) is 10.5 Å². The predicted molar refractivity (Wildman–Crippen MR) is 112 cm³/mol. The van der Waals surface area contributed by atoms with Gasteiger partial charge in [-0.15, -0.1) is 0 Å². The van der Waals surface area contributed by atoms with Gasteiger partial charge in [0.2, 0.25) is 5.91 Å². The first-order valence-corrected chi connectivity index (χ1v) is 9.55. The summed E-state index contributed by atoms with van der Waals surface area (Å²) in [5.74, 6) is 0.909. The average molecular weight is 414 g/mol. The Hall–Kier alpha value is -3.55. The van der Waals surface area contributed by atoms with Crippen LogP contribution in [0.15, 0.2) is 47.6 Å². The zero-order chi connectivity index (χ0) is 21.8. The lowest BCUT2D eigenvalue weighted by Crippen LogP contribution is -2.19. The minimum atomic E-state index is -0.458. The molecular formula is C22H26N2O6. The van der Waals surface area contributed by atoms with Crippen LogP contribution in [0.1, 0.15) is 25.0 Å². The standard InChI is InChI=1S/C22H26N2O6/c1-4-28-18-9-6-16(7-10-18)13-21(25)24-23-14-17-8-11-19(20(12-17)27-3)30-15-22(26)29-5-2/h6-12,14H,4-5,13,15H2,1-3H3,(H,24,25)/b23-14-. The molecular weight excluding hydrogens is 388 g/mol. The molecule has 0 aliphatic rings. The minimum Gasteiger partial charge on any atom is -0.494 e. The molecule has 1 N–H and O–H groups in total. The predicted octanol–water partition coefficient (Wildman–Crippen LogP) is 2.73. The molecule has 0 fully saturated rings. The zero-order valence-electron chi connectivity index (χ0n) is 17.3. The Labute approximate surface area is 175 Å². The normalized spacial score (nSPS) is 10.5. The lowest BCUT2D eigenvalue weighted by molar-refractivity contribution is -0.145. The van der Waals surface area contributed by atoms with Crippen LogP contribution in [-0.2, 0) is 20.7 Å². The van der Waals surface area contributed by atoms with E-state index in [1.807, 2.05) is 31.2 Å². The maximum absolute atomic E-state index is 12.0. The second-order valence-corrected chi connectivity index (χ2v) is 6.05. The van der Waals surface area contributed by atoms with Crippen LogP contribution in [0, 0.1) is 0 Å². The summed E-state index contributed by atoms with van der Waals surface area (Å²) in [5, 5.41) is 3.97. The van der Waals surface area contributed by atoms with Crippen LogP contribution in [0.2, 0.25) is 0 Å². The molecule has 0 saturated heterocycles. The number of esters is 1. The Morgan fingerprint density at radius 1 is 1.00 bits per heavy atom. The van der Waals surface area contributed by atoms with Gasteiger partial charge in [0.05, 0.1) is 33.0 Å². The molecule has 2 rings (SSSR count). The first kappa shape index (κ1) is 22.7. The van der Waals surface area contributed by atoms with Crippen LogP contribution in [-0.4, -0.2) is 45.0 Å². The average Bonchev–Trinajstić information content (AvgIpc) is 2.74. The Balaban J connectivity index is 1.88. The van der Waals surface area contributed by atoms with Crippen molar-refractivity contribution in [2.24, 2.45) is 5.10 Å². The fraction of sp³-hybridized carbons (Fsp3) is 0.318. The van der Waals surface area contributed by atoms with Gasteiger partial charge in [-0.3, -0.25) is 4.79 Å². The molecule has 0 saturated carbocycles. The molecule has 2 aromatic carbocycles. The van der Waals surface area contributed by atoms with Gasteiger partial charge in [-0.2, -0.15) is 5.10 Å². The molecule has 160 valence electrons. The molecule has 0 spiro atoms. The summed E-state index contributed by atoms with van der Waals surface area (Å²) in [6.45, 7) is 4.32. The first-order valence-electron chi connectivity index (χ1n) is 9.55. The van der Waals surface area contributed by atoms with Crippen LogP contribution in [0.25, 0.3) is 0 Å². The summed E-state index contributed by atoms with van der Waals surface area (Å²) in [4.78, 5) is 23.5. The molecule has 8 nitrogen and oxygen atoms in total. The van der Waals surface area contributed by atoms with E-state index in [4.69, 9.17) is 18.9 Å². The molecule has 0 unspecified atom stereocenters. The molecule has 0 radical (unpaired) electrons. The number of nitrogens with zero attached hydrogens (tertiary/aromatic N) is 1. The first-order chi connectivity index (χ1) is 14.5. The van der Waals surface area contributed by atoms with Crippen LogP contribution in [0.4, 0.5) is 0 Å². The minimum absolute atomic E-state index is 0.202. The highest BCUT2D eigenvalue weighted by Gasteiger charge is 2.09. The van der Waals surface area contributed by atoms with E-state index in [1.165, 1.54) is 13.3 Å². The Bertz CT molecular complexity index is 864. The van der Waals surface area contributed by atoms with Crippen LogP contribution in [0.5, 0.6) is 17.2 Å². The number of hydrazone groups is 1. The van der Waals surface area contributed by atoms with Crippen molar-refractivity contribution in [3.05, 3.63) is 53.6 Å². The van der Waals surface area contributed by atoms with Gasteiger partial charge in [0.25, 0.3) is 0 Å². The highest BCUT2D eigenvalue weighted by Crippen LogP contribution is 2.27. The van der Waals surface area contributed by atoms with E-state index < -0.39 is 5.97 Å². The number of hydrogen-bond acceptors (Lipinski definition) is 7. The summed E-state index contributed by atoms with van der Waals surface area (Å²) < 4.78 is 20.9. The van der Waals surface area contributed by atoms with E-state index >= 15 is 0 Å². The van der Waals surface area contributed by atoms with E-state index in [-0.39, 0.29) is 18.9 Å². The molecule has 30 heavy (non-hydrogen) atoms. The molecule has 1 amide bonds. The number of carbonyl (C=O) groups is 2. The van der Waals surface area contributed by atoms with Crippen LogP contribution in [0.3, 0.4) is 0 Å². The number of methoxy groups -OCH3 is 1. The van der Waals surface area contributed by atoms with Crippen LogP contribution < -0.4 is 19.6 Å². The topological polar surface area (TPSA) is 95.5 Å². The van der Waals surface area contributed by atoms with Gasteiger partial charge in [-0.05, 0) is 55.3 Å². The second-order valence-electron chi connectivity index (χ2n) is 6.05. The van der Waals surface area contributed by atoms with E-state index in [9.17, 15) is 9.59 Å². The Kier molecular flexibility index (Phi) is 9.18. The van der Waals surface area contributed by atoms with Gasteiger partial charge in [0.1, 0.15) is 5.75 Å². The monoisotopic (exact) mass is 414 g/mol. The number of rotatable bonds is 11. The van der Waals surface area contributed by atoms with Gasteiger partial charge in [-0.1, -0.05) is 12.1 Å². The van der Waals surface area contributed by atoms with Gasteiger partial charge in [0.15, 0.2) is 18.1 Å². The molecule has 0 aliphatic heterocycles. The molecule has 0 aliphatic carbocycles. The number of hydrogen-bond donors (Lipinski definition) is 1. The molecule has 8 heteroatoms. The molecule has 2 aromatic rings. The third kappa shape index (κ3) is 7.46. The summed E-state index contributed by atoms with van der Waals surface area (Å²) in [6, 6.07) is 12.4. The number of carbonyl (C=O) groups excluding carboxylic acids is 2. The number of amides is 1. The van der Waals surface area contributed by atoms with Crippen molar-refractivity contribution in [3.8, 4) is 17.2 Å². The largest absolute Gasteiger partial charge is 0.494 e. The van der Waals surface area contributed by atoms with Crippen molar-refractivity contribution in [2.75, 3.05) is 26.9 Å². The summed E-state index contributed by atoms with van der Waals surface area (Å²) in [5.41, 5.74) is 4.04. The Morgan fingerprint density at radius 2 is 1.77 bits per heavy atom. The molecule has 0 aromatic heterocycles. The number of benzene rings is 2. The van der Waals surface area contributed by atoms with E-state index in [0.29, 0.717) is 30.3 Å². The lowest BCUT2D eigenvalue weighted by atomic mass is 10.1. The van der Waals surface area contributed by atoms with Gasteiger partial charge in [0, 0.05) is 0 Å². The summed E-state index contributed by atoms with van der Waals surface area (Å²) in [6.07, 6.45) is 1.70. The molecule has 0 atom stereocenters. The Morgan fingerprint density at radius 3 is 2.43 bits per heavy atom. The van der Waals surface area contributed by atoms with Crippen molar-refractivity contribution in [2.45, 2.75) is 20.3 Å². The van der Waals surface area contributed by atoms with Crippen molar-refractivity contribution >= 4 is 18.1 Å². The third-order valence-electron chi connectivity index (χ3n) is 3.84. The highest BCUT2D eigenvalue weighted by molar-refractivity contribution is 5.84. The summed E-state index contributed by atoms with van der Waals surface area (Å²) >= 11 is 0. The zero-order valence-corrected chi connectivity index (χ0v) is 17.3. The van der Waals surface area contributed by atoms with Crippen molar-refractivity contribution in [1.82, 2.24) is 5.43 Å². The highest BCUT2D eigenvalue weighted by atomic mass is 16.6. The summed E-state index contributed by atoms with van der Waals surface area (Å²) in [7, 11) is 1.49. The maximum atomic E-state index is 12.0. The van der Waals surface area contributed by atoms with Gasteiger partial charge >= 0.3 is 5.97 Å². The van der Waals surface area contributed by atoms with Crippen LogP contribution >= 0.6 is 0 Å². The second kappa shape index (κ2) is 12.1. The molecule has 0 heterocycles. The number of ether oxygens (including phenoxy) is 4. The lowest BCUT2D eigenvalue weighted by Gasteiger charge is -2.10. The van der Waals surface area contributed by atoms with E-state index in [1.54, 1.807) is 25.1 Å². The fourth-order valence-corrected chi connectivity index (χ4v) is 2.50. The fourth-order valence-electron chi connectivity index (χ4n) is 2.50. The maximum Gasteiger partial charge on any atom is 0.344 e. The van der Waals surface area contributed by atoms with Crippen molar-refractivity contribution < 1.29 is 28.5 Å². The smallest absolute Gasteiger partial charge is 0.344 e. The van der Waals surface area contributed by atoms with Gasteiger partial charge < -0.3 is 18.9 Å². The van der Waals surface area contributed by atoms with Crippen molar-refractivity contribution in [1.29, 1.82) is 0 Å². The SMILES string of the molecule is CCOC(=O)COc1ccc(/C=N\NC(=O)Cc2ccc(OCC)cc2)cc1OC. The number of nitrogens with one attached hydrogen (secondary N) is 1. The van der Waals surface area contributed by atoms with E-state index in [0.717, 1.165) is 11.3 Å². The molecule has 0 bridgehead atoms. The van der Waals surface area contributed by atoms with Crippen molar-refractivity contribution in [3.63, 3.8) is 0 Å².